The summed E-state index contributed by atoms with van der Waals surface area (Å²) in [4.78, 5) is 23.0. The van der Waals surface area contributed by atoms with Gasteiger partial charge in [0.1, 0.15) is 5.82 Å². The second-order valence-electron chi connectivity index (χ2n) is 5.55. The Bertz CT molecular complexity index is 524. The van der Waals surface area contributed by atoms with Gasteiger partial charge in [-0.05, 0) is 37.0 Å². The summed E-state index contributed by atoms with van der Waals surface area (Å²) >= 11 is 0. The van der Waals surface area contributed by atoms with E-state index < -0.39 is 11.4 Å². The van der Waals surface area contributed by atoms with Gasteiger partial charge in [-0.3, -0.25) is 9.59 Å². The van der Waals surface area contributed by atoms with Gasteiger partial charge in [0.25, 0.3) is 0 Å². The molecular formula is C16H20FNO3. The van der Waals surface area contributed by atoms with Gasteiger partial charge in [-0.15, -0.1) is 0 Å². The number of carboxylic acids is 1. The lowest BCUT2D eigenvalue weighted by molar-refractivity contribution is -0.137. The lowest BCUT2D eigenvalue weighted by Gasteiger charge is -2.28. The zero-order valence-corrected chi connectivity index (χ0v) is 11.9. The van der Waals surface area contributed by atoms with Crippen molar-refractivity contribution in [1.82, 2.24) is 5.32 Å². The maximum Gasteiger partial charge on any atom is 0.303 e. The molecule has 1 aromatic rings. The maximum atomic E-state index is 13.5. The maximum absolute atomic E-state index is 13.5. The first-order chi connectivity index (χ1) is 10.0. The number of aliphatic carboxylic acids is 1. The van der Waals surface area contributed by atoms with Crippen molar-refractivity contribution in [3.63, 3.8) is 0 Å². The van der Waals surface area contributed by atoms with Gasteiger partial charge in [-0.25, -0.2) is 4.39 Å². The molecule has 0 saturated heterocycles. The van der Waals surface area contributed by atoms with Crippen molar-refractivity contribution in [2.24, 2.45) is 0 Å². The number of hydrogen-bond acceptors (Lipinski definition) is 2. The molecule has 1 aliphatic rings. The average Bonchev–Trinajstić information content (AvgIpc) is 2.94. The first kappa shape index (κ1) is 15.5. The summed E-state index contributed by atoms with van der Waals surface area (Å²) in [5.74, 6) is -1.32. The summed E-state index contributed by atoms with van der Waals surface area (Å²) in [6.07, 6.45) is 3.74. The third kappa shape index (κ3) is 3.60. The normalized spacial score (nSPS) is 16.6. The molecule has 2 rings (SSSR count). The van der Waals surface area contributed by atoms with Crippen molar-refractivity contribution in [2.75, 3.05) is 6.54 Å². The molecule has 0 atom stereocenters. The Morgan fingerprint density at radius 3 is 2.62 bits per heavy atom. The number of rotatable bonds is 6. The van der Waals surface area contributed by atoms with Gasteiger partial charge >= 0.3 is 5.97 Å². The van der Waals surface area contributed by atoms with Crippen molar-refractivity contribution >= 4 is 11.9 Å². The van der Waals surface area contributed by atoms with Gasteiger partial charge in [-0.1, -0.05) is 25.0 Å². The Morgan fingerprint density at radius 2 is 2.00 bits per heavy atom. The number of halogens is 1. The monoisotopic (exact) mass is 293 g/mol. The Kier molecular flexibility index (Phi) is 4.94. The number of amides is 1. The molecule has 1 amide bonds. The third-order valence-corrected chi connectivity index (χ3v) is 4.12. The number of nitrogens with one attached hydrogen (secondary N) is 1. The van der Waals surface area contributed by atoms with Gasteiger partial charge in [0.05, 0.1) is 5.41 Å². The molecule has 0 bridgehead atoms. The molecule has 0 aliphatic heterocycles. The zero-order valence-electron chi connectivity index (χ0n) is 11.9. The van der Waals surface area contributed by atoms with Crippen molar-refractivity contribution in [1.29, 1.82) is 0 Å². The Morgan fingerprint density at radius 1 is 1.29 bits per heavy atom. The van der Waals surface area contributed by atoms with Crippen LogP contribution >= 0.6 is 0 Å². The highest BCUT2D eigenvalue weighted by atomic mass is 19.1. The third-order valence-electron chi connectivity index (χ3n) is 4.12. The fraction of sp³-hybridized carbons (Fsp3) is 0.500. The summed E-state index contributed by atoms with van der Waals surface area (Å²) in [7, 11) is 0. The van der Waals surface area contributed by atoms with Crippen LogP contribution in [0.1, 0.15) is 44.1 Å². The molecule has 1 aliphatic carbocycles. The van der Waals surface area contributed by atoms with Crippen LogP contribution < -0.4 is 5.32 Å². The minimum Gasteiger partial charge on any atom is -0.481 e. The lowest BCUT2D eigenvalue weighted by Crippen LogP contribution is -2.43. The molecular weight excluding hydrogens is 273 g/mol. The largest absolute Gasteiger partial charge is 0.481 e. The molecule has 1 fully saturated rings. The first-order valence-electron chi connectivity index (χ1n) is 7.31. The molecule has 0 heterocycles. The highest BCUT2D eigenvalue weighted by molar-refractivity contribution is 5.88. The van der Waals surface area contributed by atoms with Crippen LogP contribution in [-0.2, 0) is 15.0 Å². The molecule has 0 radical (unpaired) electrons. The Balaban J connectivity index is 2.07. The van der Waals surface area contributed by atoms with E-state index in [0.29, 0.717) is 25.8 Å². The molecule has 1 saturated carbocycles. The first-order valence-corrected chi connectivity index (χ1v) is 7.31. The minimum absolute atomic E-state index is 0.0350. The molecule has 0 spiro atoms. The van der Waals surface area contributed by atoms with E-state index in [2.05, 4.69) is 5.32 Å². The smallest absolute Gasteiger partial charge is 0.303 e. The van der Waals surface area contributed by atoms with E-state index in [1.165, 1.54) is 12.1 Å². The Labute approximate surface area is 123 Å². The van der Waals surface area contributed by atoms with E-state index in [0.717, 1.165) is 18.4 Å². The van der Waals surface area contributed by atoms with Gasteiger partial charge in [0.2, 0.25) is 5.91 Å². The highest BCUT2D eigenvalue weighted by Crippen LogP contribution is 2.41. The molecule has 5 heteroatoms. The van der Waals surface area contributed by atoms with E-state index in [9.17, 15) is 14.0 Å². The second-order valence-corrected chi connectivity index (χ2v) is 5.55. The van der Waals surface area contributed by atoms with E-state index >= 15 is 0 Å². The number of carboxylic acid groups (broad SMARTS) is 1. The van der Waals surface area contributed by atoms with Crippen LogP contribution in [0.5, 0.6) is 0 Å². The predicted molar refractivity (Wildman–Crippen MR) is 76.4 cm³/mol. The van der Waals surface area contributed by atoms with Crippen molar-refractivity contribution in [3.8, 4) is 0 Å². The predicted octanol–water partition coefficient (Wildman–Crippen LogP) is 2.62. The lowest BCUT2D eigenvalue weighted by atomic mass is 9.78. The number of benzene rings is 1. The van der Waals surface area contributed by atoms with E-state index in [1.54, 1.807) is 12.1 Å². The SMILES string of the molecule is O=C(O)CCCNC(=O)C1(c2cccc(F)c2)CCCC1. The van der Waals surface area contributed by atoms with Gasteiger partial charge in [-0.2, -0.15) is 0 Å². The number of carbonyl (C=O) groups is 2. The van der Waals surface area contributed by atoms with E-state index in [4.69, 9.17) is 5.11 Å². The molecule has 0 aromatic heterocycles. The summed E-state index contributed by atoms with van der Waals surface area (Å²) in [5.41, 5.74) is 0.0569. The summed E-state index contributed by atoms with van der Waals surface area (Å²) in [6, 6.07) is 6.23. The number of carbonyl (C=O) groups excluding carboxylic acids is 1. The second kappa shape index (κ2) is 6.70. The van der Waals surface area contributed by atoms with Gasteiger partial charge in [0, 0.05) is 13.0 Å². The fourth-order valence-corrected chi connectivity index (χ4v) is 3.02. The van der Waals surface area contributed by atoms with Crippen LogP contribution in [0.3, 0.4) is 0 Å². The topological polar surface area (TPSA) is 66.4 Å². The average molecular weight is 293 g/mol. The van der Waals surface area contributed by atoms with Crippen LogP contribution in [0.25, 0.3) is 0 Å². The molecule has 2 N–H and O–H groups in total. The number of hydrogen-bond donors (Lipinski definition) is 2. The zero-order chi connectivity index (χ0) is 15.3. The fourth-order valence-electron chi connectivity index (χ4n) is 3.02. The summed E-state index contributed by atoms with van der Waals surface area (Å²) < 4.78 is 13.5. The van der Waals surface area contributed by atoms with Crippen molar-refractivity contribution in [3.05, 3.63) is 35.6 Å². The molecule has 0 unspecified atom stereocenters. The van der Waals surface area contributed by atoms with Crippen molar-refractivity contribution < 1.29 is 19.1 Å². The Hall–Kier alpha value is -1.91. The van der Waals surface area contributed by atoms with E-state index in [-0.39, 0.29) is 18.1 Å². The molecule has 21 heavy (non-hydrogen) atoms. The molecule has 114 valence electrons. The molecule has 4 nitrogen and oxygen atoms in total. The van der Waals surface area contributed by atoms with Crippen LogP contribution in [0.4, 0.5) is 4.39 Å². The summed E-state index contributed by atoms with van der Waals surface area (Å²) in [6.45, 7) is 0.336. The van der Waals surface area contributed by atoms with Gasteiger partial charge in [0.15, 0.2) is 0 Å². The quantitative estimate of drug-likeness (QED) is 0.792. The van der Waals surface area contributed by atoms with Crippen molar-refractivity contribution in [2.45, 2.75) is 43.9 Å². The van der Waals surface area contributed by atoms with Crippen LogP contribution in [0, 0.1) is 5.82 Å². The van der Waals surface area contributed by atoms with Crippen LogP contribution in [-0.4, -0.2) is 23.5 Å². The van der Waals surface area contributed by atoms with E-state index in [1.807, 2.05) is 0 Å². The molecule has 1 aromatic carbocycles. The minimum atomic E-state index is -0.870. The summed E-state index contributed by atoms with van der Waals surface area (Å²) in [5, 5.41) is 11.4. The standard InChI is InChI=1S/C16H20FNO3/c17-13-6-3-5-12(11-13)16(8-1-2-9-16)15(21)18-10-4-7-14(19)20/h3,5-6,11H,1-2,4,7-10H2,(H,18,21)(H,19,20). The van der Waals surface area contributed by atoms with Gasteiger partial charge < -0.3 is 10.4 Å². The highest BCUT2D eigenvalue weighted by Gasteiger charge is 2.42. The van der Waals surface area contributed by atoms with Crippen LogP contribution in [0.15, 0.2) is 24.3 Å². The van der Waals surface area contributed by atoms with Crippen LogP contribution in [0.2, 0.25) is 0 Å².